The molecule has 0 aliphatic heterocycles. The maximum Gasteiger partial charge on any atom is 0.200 e. The molecule has 0 aromatic heterocycles. The zero-order valence-corrected chi connectivity index (χ0v) is 15.2. The Morgan fingerprint density at radius 1 is 0.480 bits per heavy atom. The molecule has 0 unspecified atom stereocenters. The van der Waals surface area contributed by atoms with E-state index in [-0.39, 0.29) is 9.79 Å². The summed E-state index contributed by atoms with van der Waals surface area (Å²) in [5.41, 5.74) is 0. The first-order chi connectivity index (χ1) is 11.6. The third-order valence-electron chi connectivity index (χ3n) is 2.99. The highest BCUT2D eigenvalue weighted by molar-refractivity contribution is 8.00. The Bertz CT molecular complexity index is 1010. The molecule has 2 aromatic carbocycles. The van der Waals surface area contributed by atoms with Crippen LogP contribution in [0.15, 0.2) is 92.1 Å². The Morgan fingerprint density at radius 3 is 1.12 bits per heavy atom. The summed E-state index contributed by atoms with van der Waals surface area (Å²) in [4.78, 5) is -0.135. The Hall–Kier alpha value is -2.23. The molecule has 0 saturated heterocycles. The summed E-state index contributed by atoms with van der Waals surface area (Å²) >= 11 is 0. The summed E-state index contributed by atoms with van der Waals surface area (Å²) < 4.78 is 71.8. The topological polar surface area (TPSA) is 102 Å². The molecule has 25 heavy (non-hydrogen) atoms. The van der Waals surface area contributed by atoms with Gasteiger partial charge >= 0.3 is 0 Å². The maximum absolute atomic E-state index is 12.0. The fourth-order valence-corrected chi connectivity index (χ4v) is 5.61. The molecule has 0 N–H and O–H groups in total. The maximum atomic E-state index is 12.0. The van der Waals surface area contributed by atoms with E-state index in [0.29, 0.717) is 21.6 Å². The SMILES string of the molecule is O=S(=O)(/C=C/S(=O)(=O)c1ccccc1)/C=C/S(=O)(=O)c1ccccc1. The molecule has 6 nitrogen and oxygen atoms in total. The van der Waals surface area contributed by atoms with Crippen LogP contribution in [0, 0.1) is 0 Å². The Kier molecular flexibility index (Phi) is 5.61. The monoisotopic (exact) mass is 398 g/mol. The Balaban J connectivity index is 2.25. The van der Waals surface area contributed by atoms with Gasteiger partial charge in [0.25, 0.3) is 0 Å². The van der Waals surface area contributed by atoms with Crippen LogP contribution in [0.4, 0.5) is 0 Å². The van der Waals surface area contributed by atoms with E-state index >= 15 is 0 Å². The van der Waals surface area contributed by atoms with E-state index in [1.165, 1.54) is 48.5 Å². The number of benzene rings is 2. The number of sulfone groups is 3. The highest BCUT2D eigenvalue weighted by atomic mass is 32.2. The van der Waals surface area contributed by atoms with Gasteiger partial charge in [-0.05, 0) is 24.3 Å². The summed E-state index contributed by atoms with van der Waals surface area (Å²) in [5, 5.41) is 1.95. The van der Waals surface area contributed by atoms with E-state index in [1.54, 1.807) is 12.1 Å². The lowest BCUT2D eigenvalue weighted by atomic mass is 10.4. The third kappa shape index (κ3) is 5.38. The summed E-state index contributed by atoms with van der Waals surface area (Å²) in [6, 6.07) is 14.5. The first-order valence-corrected chi connectivity index (χ1v) is 11.5. The molecule has 2 aromatic rings. The van der Waals surface area contributed by atoms with Gasteiger partial charge in [-0.15, -0.1) is 0 Å². The number of hydrogen-bond acceptors (Lipinski definition) is 6. The minimum Gasteiger partial charge on any atom is -0.220 e. The van der Waals surface area contributed by atoms with Gasteiger partial charge < -0.3 is 0 Å². The lowest BCUT2D eigenvalue weighted by molar-refractivity contribution is 0.603. The number of rotatable bonds is 6. The van der Waals surface area contributed by atoms with Crippen molar-refractivity contribution in [1.29, 1.82) is 0 Å². The molecule has 0 fully saturated rings. The minimum absolute atomic E-state index is 0.0673. The molecule has 0 aliphatic carbocycles. The van der Waals surface area contributed by atoms with Crippen molar-refractivity contribution in [3.63, 3.8) is 0 Å². The average Bonchev–Trinajstić information content (AvgIpc) is 2.60. The Labute approximate surface area is 146 Å². The average molecular weight is 398 g/mol. The van der Waals surface area contributed by atoms with Crippen LogP contribution in [-0.4, -0.2) is 25.3 Å². The predicted molar refractivity (Wildman–Crippen MR) is 94.5 cm³/mol. The molecule has 0 aliphatic rings. The highest BCUT2D eigenvalue weighted by Gasteiger charge is 2.14. The predicted octanol–water partition coefficient (Wildman–Crippen LogP) is 2.29. The van der Waals surface area contributed by atoms with Gasteiger partial charge in [0.15, 0.2) is 9.84 Å². The molecule has 0 saturated carbocycles. The van der Waals surface area contributed by atoms with Gasteiger partial charge in [0, 0.05) is 21.6 Å². The number of hydrogen-bond donors (Lipinski definition) is 0. The quantitative estimate of drug-likeness (QED) is 0.740. The molecule has 9 heteroatoms. The van der Waals surface area contributed by atoms with Crippen molar-refractivity contribution in [2.75, 3.05) is 0 Å². The van der Waals surface area contributed by atoms with Gasteiger partial charge in [-0.3, -0.25) is 0 Å². The van der Waals surface area contributed by atoms with E-state index in [1.807, 2.05) is 0 Å². The zero-order valence-electron chi connectivity index (χ0n) is 12.8. The first-order valence-electron chi connectivity index (χ1n) is 6.84. The van der Waals surface area contributed by atoms with Crippen LogP contribution in [-0.2, 0) is 29.5 Å². The Morgan fingerprint density at radius 2 is 0.800 bits per heavy atom. The van der Waals surface area contributed by atoms with Crippen LogP contribution >= 0.6 is 0 Å². The van der Waals surface area contributed by atoms with Crippen LogP contribution < -0.4 is 0 Å². The minimum atomic E-state index is -4.18. The van der Waals surface area contributed by atoms with E-state index < -0.39 is 29.5 Å². The molecular formula is C16H14O6S3. The largest absolute Gasteiger partial charge is 0.220 e. The molecular weight excluding hydrogens is 384 g/mol. The van der Waals surface area contributed by atoms with Crippen LogP contribution in [0.3, 0.4) is 0 Å². The molecule has 0 bridgehead atoms. The molecule has 0 amide bonds. The van der Waals surface area contributed by atoms with Gasteiger partial charge in [0.1, 0.15) is 0 Å². The zero-order chi connectivity index (χ0) is 18.6. The van der Waals surface area contributed by atoms with Crippen molar-refractivity contribution in [1.82, 2.24) is 0 Å². The molecule has 2 rings (SSSR count). The lowest BCUT2D eigenvalue weighted by Gasteiger charge is -1.98. The van der Waals surface area contributed by atoms with Crippen molar-refractivity contribution in [3.8, 4) is 0 Å². The molecule has 0 spiro atoms. The second kappa shape index (κ2) is 7.34. The van der Waals surface area contributed by atoms with Gasteiger partial charge in [-0.25, -0.2) is 25.3 Å². The third-order valence-corrected chi connectivity index (χ3v) is 7.21. The first kappa shape index (κ1) is 19.1. The summed E-state index contributed by atoms with van der Waals surface area (Å²) in [7, 11) is -12.1. The summed E-state index contributed by atoms with van der Waals surface area (Å²) in [5.74, 6) is 0. The molecule has 0 atom stereocenters. The van der Waals surface area contributed by atoms with Crippen LogP contribution in [0.1, 0.15) is 0 Å². The van der Waals surface area contributed by atoms with Crippen LogP contribution in [0.5, 0.6) is 0 Å². The normalized spacial score (nSPS) is 13.4. The van der Waals surface area contributed by atoms with Gasteiger partial charge in [-0.2, -0.15) is 0 Å². The van der Waals surface area contributed by atoms with Crippen LogP contribution in [0.25, 0.3) is 0 Å². The lowest BCUT2D eigenvalue weighted by Crippen LogP contribution is -2.00. The van der Waals surface area contributed by atoms with E-state index in [4.69, 9.17) is 0 Å². The van der Waals surface area contributed by atoms with Gasteiger partial charge in [0.05, 0.1) is 9.79 Å². The smallest absolute Gasteiger partial charge is 0.200 e. The molecule has 0 radical (unpaired) electrons. The fourth-order valence-electron chi connectivity index (χ4n) is 1.72. The molecule has 132 valence electrons. The molecule has 0 heterocycles. The van der Waals surface area contributed by atoms with E-state index in [0.717, 1.165) is 0 Å². The van der Waals surface area contributed by atoms with Crippen molar-refractivity contribution in [2.45, 2.75) is 9.79 Å². The van der Waals surface area contributed by atoms with Crippen molar-refractivity contribution >= 4 is 29.5 Å². The summed E-state index contributed by atoms with van der Waals surface area (Å²) in [6.07, 6.45) is 0. The van der Waals surface area contributed by atoms with Gasteiger partial charge in [-0.1, -0.05) is 36.4 Å². The fraction of sp³-hybridized carbons (Fsp3) is 0. The second-order valence-electron chi connectivity index (χ2n) is 4.85. The van der Waals surface area contributed by atoms with Crippen LogP contribution in [0.2, 0.25) is 0 Å². The van der Waals surface area contributed by atoms with Crippen molar-refractivity contribution in [2.24, 2.45) is 0 Å². The van der Waals surface area contributed by atoms with Gasteiger partial charge in [0.2, 0.25) is 19.7 Å². The standard InChI is InChI=1S/C16H14O6S3/c17-23(18,11-13-24(19,20)15-7-3-1-4-8-15)12-14-25(21,22)16-9-5-2-6-10-16/h1-14H/b13-11+,14-12+. The second-order valence-corrected chi connectivity index (χ2v) is 10.2. The van der Waals surface area contributed by atoms with E-state index in [9.17, 15) is 25.3 Å². The van der Waals surface area contributed by atoms with Crippen molar-refractivity contribution in [3.05, 3.63) is 82.3 Å². The van der Waals surface area contributed by atoms with Crippen molar-refractivity contribution < 1.29 is 25.3 Å². The summed E-state index contributed by atoms with van der Waals surface area (Å²) in [6.45, 7) is 0. The van der Waals surface area contributed by atoms with E-state index in [2.05, 4.69) is 0 Å². The highest BCUT2D eigenvalue weighted by Crippen LogP contribution is 2.14.